The number of amides is 1. The summed E-state index contributed by atoms with van der Waals surface area (Å²) in [5, 5.41) is 2.87. The normalized spacial score (nSPS) is 14.5. The lowest BCUT2D eigenvalue weighted by atomic mass is 9.98. The van der Waals surface area contributed by atoms with Gasteiger partial charge in [0.15, 0.2) is 11.5 Å². The van der Waals surface area contributed by atoms with E-state index in [-0.39, 0.29) is 27.8 Å². The van der Waals surface area contributed by atoms with Gasteiger partial charge in [-0.3, -0.25) is 9.59 Å². The molecule has 1 aliphatic carbocycles. The van der Waals surface area contributed by atoms with Gasteiger partial charge in [-0.15, -0.1) is 0 Å². The topological polar surface area (TPSA) is 88.1 Å². The summed E-state index contributed by atoms with van der Waals surface area (Å²) in [6.07, 6.45) is 1.41. The highest BCUT2D eigenvalue weighted by atomic mass is 35.5. The number of aryl methyl sites for hydroxylation is 1. The van der Waals surface area contributed by atoms with E-state index in [1.165, 1.54) is 25.3 Å². The predicted octanol–water partition coefficient (Wildman–Crippen LogP) is 4.58. The van der Waals surface area contributed by atoms with E-state index >= 15 is 0 Å². The molecule has 1 saturated carbocycles. The molecule has 32 heavy (non-hydrogen) atoms. The molecule has 0 aliphatic heterocycles. The van der Waals surface area contributed by atoms with Gasteiger partial charge >= 0.3 is 5.97 Å². The standard InChI is InChI=1S/C24H26ClN3O4/c1-14-12-16(28(3)4)7-9-18(14)26-20(21(29)24(2)10-11-24)22(30)27-19-13-15(23(31)32-5)6-8-17(19)25/h6-9,12-13H,10-11H2,1-5H3,(H,27,30). The average Bonchev–Trinajstić information content (AvgIpc) is 3.51. The Balaban J connectivity index is 1.99. The predicted molar refractivity (Wildman–Crippen MR) is 126 cm³/mol. The van der Waals surface area contributed by atoms with E-state index in [0.717, 1.165) is 11.3 Å². The largest absolute Gasteiger partial charge is 0.465 e. The number of hydrogen-bond acceptors (Lipinski definition) is 6. The SMILES string of the molecule is COC(=O)c1ccc(Cl)c(NC(=O)C(=Nc2ccc(N(C)C)cc2C)C(=O)C2(C)CC2)c1. The van der Waals surface area contributed by atoms with Crippen LogP contribution >= 0.6 is 11.6 Å². The van der Waals surface area contributed by atoms with Gasteiger partial charge in [-0.1, -0.05) is 18.5 Å². The number of aliphatic imine (C=N–C) groups is 1. The van der Waals surface area contributed by atoms with E-state index in [1.54, 1.807) is 6.07 Å². The zero-order valence-corrected chi connectivity index (χ0v) is 19.5. The van der Waals surface area contributed by atoms with E-state index in [9.17, 15) is 14.4 Å². The van der Waals surface area contributed by atoms with Crippen molar-refractivity contribution >= 4 is 52.0 Å². The maximum Gasteiger partial charge on any atom is 0.337 e. The summed E-state index contributed by atoms with van der Waals surface area (Å²) in [5.41, 5.74) is 1.99. The number of esters is 1. The van der Waals surface area contributed by atoms with Crippen LogP contribution in [0.4, 0.5) is 17.1 Å². The Morgan fingerprint density at radius 3 is 2.38 bits per heavy atom. The maximum atomic E-state index is 13.2. The summed E-state index contributed by atoms with van der Waals surface area (Å²) < 4.78 is 4.72. The number of nitrogens with one attached hydrogen (secondary N) is 1. The minimum Gasteiger partial charge on any atom is -0.465 e. The van der Waals surface area contributed by atoms with Gasteiger partial charge in [-0.05, 0) is 61.7 Å². The number of halogens is 1. The molecule has 0 spiro atoms. The summed E-state index contributed by atoms with van der Waals surface area (Å²) in [6, 6.07) is 9.98. The molecular weight excluding hydrogens is 430 g/mol. The van der Waals surface area contributed by atoms with Crippen LogP contribution in [0.3, 0.4) is 0 Å². The number of anilines is 2. The third kappa shape index (κ3) is 4.99. The third-order valence-corrected chi connectivity index (χ3v) is 5.87. The van der Waals surface area contributed by atoms with Crippen molar-refractivity contribution in [2.75, 3.05) is 31.4 Å². The van der Waals surface area contributed by atoms with Gasteiger partial charge in [0.1, 0.15) is 0 Å². The second kappa shape index (κ2) is 9.12. The number of rotatable bonds is 7. The molecule has 0 bridgehead atoms. The van der Waals surface area contributed by atoms with Gasteiger partial charge in [0.2, 0.25) is 0 Å². The molecule has 2 aromatic rings. The number of carbonyl (C=O) groups is 3. The van der Waals surface area contributed by atoms with E-state index in [2.05, 4.69) is 10.3 Å². The van der Waals surface area contributed by atoms with Crippen molar-refractivity contribution in [1.82, 2.24) is 0 Å². The fourth-order valence-electron chi connectivity index (χ4n) is 3.12. The van der Waals surface area contributed by atoms with Gasteiger partial charge in [-0.25, -0.2) is 9.79 Å². The molecule has 1 fully saturated rings. The van der Waals surface area contributed by atoms with Crippen LogP contribution in [0.5, 0.6) is 0 Å². The first kappa shape index (κ1) is 23.5. The van der Waals surface area contributed by atoms with Crippen LogP contribution in [0, 0.1) is 12.3 Å². The van der Waals surface area contributed by atoms with Crippen molar-refractivity contribution in [3.8, 4) is 0 Å². The van der Waals surface area contributed by atoms with Crippen molar-refractivity contribution in [3.05, 3.63) is 52.5 Å². The Kier molecular flexibility index (Phi) is 6.69. The zero-order chi connectivity index (χ0) is 23.6. The van der Waals surface area contributed by atoms with Gasteiger partial charge in [0.05, 0.1) is 29.1 Å². The Hall–Kier alpha value is -3.19. The van der Waals surface area contributed by atoms with Crippen molar-refractivity contribution in [2.24, 2.45) is 10.4 Å². The van der Waals surface area contributed by atoms with Gasteiger partial charge in [0, 0.05) is 25.2 Å². The van der Waals surface area contributed by atoms with E-state index in [4.69, 9.17) is 16.3 Å². The van der Waals surface area contributed by atoms with Crippen LogP contribution < -0.4 is 10.2 Å². The van der Waals surface area contributed by atoms with Crippen LogP contribution in [-0.4, -0.2) is 44.6 Å². The van der Waals surface area contributed by atoms with Crippen molar-refractivity contribution in [3.63, 3.8) is 0 Å². The molecule has 0 heterocycles. The van der Waals surface area contributed by atoms with E-state index in [1.807, 2.05) is 45.0 Å². The van der Waals surface area contributed by atoms with Crippen molar-refractivity contribution in [2.45, 2.75) is 26.7 Å². The number of nitrogens with zero attached hydrogens (tertiary/aromatic N) is 2. The zero-order valence-electron chi connectivity index (χ0n) is 18.8. The second-order valence-corrected chi connectivity index (χ2v) is 8.76. The van der Waals surface area contributed by atoms with Gasteiger partial charge in [-0.2, -0.15) is 0 Å². The molecule has 168 valence electrons. The molecule has 0 radical (unpaired) electrons. The Morgan fingerprint density at radius 1 is 1.12 bits per heavy atom. The summed E-state index contributed by atoms with van der Waals surface area (Å²) in [7, 11) is 5.12. The quantitative estimate of drug-likeness (QED) is 0.375. The smallest absolute Gasteiger partial charge is 0.337 e. The Morgan fingerprint density at radius 2 is 1.81 bits per heavy atom. The lowest BCUT2D eigenvalue weighted by Crippen LogP contribution is -2.34. The van der Waals surface area contributed by atoms with E-state index < -0.39 is 17.3 Å². The molecule has 0 aromatic heterocycles. The fourth-order valence-corrected chi connectivity index (χ4v) is 3.28. The minimum atomic E-state index is -0.678. The number of methoxy groups -OCH3 is 1. The van der Waals surface area contributed by atoms with Crippen LogP contribution in [0.25, 0.3) is 0 Å². The number of carbonyl (C=O) groups excluding carboxylic acids is 3. The molecule has 0 atom stereocenters. The lowest BCUT2D eigenvalue weighted by Gasteiger charge is -2.15. The monoisotopic (exact) mass is 455 g/mol. The molecule has 0 unspecified atom stereocenters. The maximum absolute atomic E-state index is 13.2. The molecule has 7 nitrogen and oxygen atoms in total. The molecular formula is C24H26ClN3O4. The van der Waals surface area contributed by atoms with Crippen molar-refractivity contribution < 1.29 is 19.1 Å². The molecule has 0 saturated heterocycles. The number of Topliss-reactive ketones (excluding diaryl/α,β-unsaturated/α-hetero) is 1. The summed E-state index contributed by atoms with van der Waals surface area (Å²) in [5.74, 6) is -1.56. The highest BCUT2D eigenvalue weighted by Gasteiger charge is 2.48. The first-order valence-corrected chi connectivity index (χ1v) is 10.5. The summed E-state index contributed by atoms with van der Waals surface area (Å²) >= 11 is 6.21. The fraction of sp³-hybridized carbons (Fsp3) is 0.333. The summed E-state index contributed by atoms with van der Waals surface area (Å²) in [4.78, 5) is 44.6. The van der Waals surface area contributed by atoms with E-state index in [0.29, 0.717) is 18.5 Å². The molecule has 1 amide bonds. The number of ether oxygens (including phenoxy) is 1. The summed E-state index contributed by atoms with van der Waals surface area (Å²) in [6.45, 7) is 3.70. The first-order chi connectivity index (χ1) is 15.1. The third-order valence-electron chi connectivity index (χ3n) is 5.54. The molecule has 1 aliphatic rings. The van der Waals surface area contributed by atoms with Crippen molar-refractivity contribution in [1.29, 1.82) is 0 Å². The highest BCUT2D eigenvalue weighted by Crippen LogP contribution is 2.46. The van der Waals surface area contributed by atoms with Crippen LogP contribution in [-0.2, 0) is 14.3 Å². The first-order valence-electron chi connectivity index (χ1n) is 10.2. The Bertz CT molecular complexity index is 1120. The highest BCUT2D eigenvalue weighted by molar-refractivity contribution is 6.69. The lowest BCUT2D eigenvalue weighted by molar-refractivity contribution is -0.118. The average molecular weight is 456 g/mol. The Labute approximate surface area is 192 Å². The number of benzene rings is 2. The van der Waals surface area contributed by atoms with Gasteiger partial charge < -0.3 is 15.0 Å². The van der Waals surface area contributed by atoms with Gasteiger partial charge in [0.25, 0.3) is 5.91 Å². The van der Waals surface area contributed by atoms with Crippen LogP contribution in [0.2, 0.25) is 5.02 Å². The molecule has 2 aromatic carbocycles. The number of ketones is 1. The van der Waals surface area contributed by atoms with Crippen LogP contribution in [0.15, 0.2) is 41.4 Å². The number of hydrogen-bond donors (Lipinski definition) is 1. The molecule has 3 rings (SSSR count). The van der Waals surface area contributed by atoms with Crippen LogP contribution in [0.1, 0.15) is 35.7 Å². The second-order valence-electron chi connectivity index (χ2n) is 8.36. The molecule has 1 N–H and O–H groups in total. The molecule has 8 heteroatoms. The minimum absolute atomic E-state index is 0.190.